The van der Waals surface area contributed by atoms with Crippen molar-refractivity contribution in [3.63, 3.8) is 0 Å². The molecular weight excluding hydrogens is 409 g/mol. The summed E-state index contributed by atoms with van der Waals surface area (Å²) in [6, 6.07) is 11.6. The van der Waals surface area contributed by atoms with Crippen LogP contribution >= 0.6 is 23.2 Å². The number of H-pyrrole nitrogens is 1. The SMILES string of the molecule is O=c1[nH]c2ccccc2n1C1=CCN(S(=O)(=O)c2cc(Cl)cc(Cl)c2)CC1. The van der Waals surface area contributed by atoms with Crippen molar-refractivity contribution >= 4 is 50.0 Å². The number of nitrogens with one attached hydrogen (secondary N) is 1. The van der Waals surface area contributed by atoms with Gasteiger partial charge in [-0.25, -0.2) is 13.2 Å². The van der Waals surface area contributed by atoms with Gasteiger partial charge in [0.1, 0.15) is 0 Å². The van der Waals surface area contributed by atoms with Gasteiger partial charge in [0.15, 0.2) is 0 Å². The van der Waals surface area contributed by atoms with Crippen LogP contribution in [-0.4, -0.2) is 35.4 Å². The molecule has 0 aliphatic carbocycles. The molecule has 1 aromatic heterocycles. The highest BCUT2D eigenvalue weighted by molar-refractivity contribution is 7.89. The summed E-state index contributed by atoms with van der Waals surface area (Å²) in [6.07, 6.45) is 2.17. The van der Waals surface area contributed by atoms with Crippen molar-refractivity contribution in [3.8, 4) is 0 Å². The van der Waals surface area contributed by atoms with E-state index in [2.05, 4.69) is 4.98 Å². The van der Waals surface area contributed by atoms with Gasteiger partial charge in [0, 0.05) is 35.3 Å². The number of hydrogen-bond donors (Lipinski definition) is 1. The summed E-state index contributed by atoms with van der Waals surface area (Å²) < 4.78 is 28.7. The Labute approximate surface area is 165 Å². The first-order valence-corrected chi connectivity index (χ1v) is 10.4. The van der Waals surface area contributed by atoms with Gasteiger partial charge in [0.2, 0.25) is 10.0 Å². The van der Waals surface area contributed by atoms with Crippen LogP contribution in [0.4, 0.5) is 0 Å². The Morgan fingerprint density at radius 1 is 1.04 bits per heavy atom. The van der Waals surface area contributed by atoms with E-state index in [1.807, 2.05) is 24.3 Å². The van der Waals surface area contributed by atoms with E-state index in [1.54, 1.807) is 10.6 Å². The zero-order valence-electron chi connectivity index (χ0n) is 14.0. The smallest absolute Gasteiger partial charge is 0.305 e. The van der Waals surface area contributed by atoms with E-state index in [0.717, 1.165) is 16.7 Å². The van der Waals surface area contributed by atoms with E-state index in [0.29, 0.717) is 6.42 Å². The van der Waals surface area contributed by atoms with Crippen molar-refractivity contribution in [1.29, 1.82) is 0 Å². The Morgan fingerprint density at radius 2 is 1.74 bits per heavy atom. The van der Waals surface area contributed by atoms with Crippen LogP contribution in [0.3, 0.4) is 0 Å². The molecule has 0 atom stereocenters. The average Bonchev–Trinajstić information content (AvgIpc) is 2.96. The van der Waals surface area contributed by atoms with Crippen LogP contribution in [0, 0.1) is 0 Å². The summed E-state index contributed by atoms with van der Waals surface area (Å²) in [5, 5.41) is 0.527. The summed E-state index contributed by atoms with van der Waals surface area (Å²) in [5.74, 6) is 0. The number of halogens is 2. The number of fused-ring (bicyclic) bond motifs is 1. The maximum absolute atomic E-state index is 12.9. The summed E-state index contributed by atoms with van der Waals surface area (Å²) >= 11 is 11.9. The zero-order chi connectivity index (χ0) is 19.2. The lowest BCUT2D eigenvalue weighted by molar-refractivity contribution is 0.438. The molecule has 2 aromatic carbocycles. The molecule has 4 rings (SSSR count). The summed E-state index contributed by atoms with van der Waals surface area (Å²) in [7, 11) is -3.73. The van der Waals surface area contributed by atoms with Gasteiger partial charge in [0.25, 0.3) is 0 Å². The minimum Gasteiger partial charge on any atom is -0.305 e. The quantitative estimate of drug-likeness (QED) is 0.699. The highest BCUT2D eigenvalue weighted by Gasteiger charge is 2.27. The molecule has 0 amide bonds. The predicted molar refractivity (Wildman–Crippen MR) is 107 cm³/mol. The monoisotopic (exact) mass is 423 g/mol. The molecule has 6 nitrogen and oxygen atoms in total. The number of rotatable bonds is 3. The second-order valence-electron chi connectivity index (χ2n) is 6.20. The van der Waals surface area contributed by atoms with Crippen LogP contribution in [0.2, 0.25) is 10.0 Å². The van der Waals surface area contributed by atoms with Crippen molar-refractivity contribution in [2.45, 2.75) is 11.3 Å². The normalized spacial score (nSPS) is 15.9. The average molecular weight is 424 g/mol. The number of sulfonamides is 1. The van der Waals surface area contributed by atoms with Crippen molar-refractivity contribution < 1.29 is 8.42 Å². The zero-order valence-corrected chi connectivity index (χ0v) is 16.4. The van der Waals surface area contributed by atoms with E-state index < -0.39 is 10.0 Å². The van der Waals surface area contributed by atoms with Crippen LogP contribution < -0.4 is 5.69 Å². The van der Waals surface area contributed by atoms with E-state index in [-0.39, 0.29) is 33.7 Å². The highest BCUT2D eigenvalue weighted by atomic mass is 35.5. The van der Waals surface area contributed by atoms with Gasteiger partial charge in [-0.2, -0.15) is 4.31 Å². The number of hydrogen-bond acceptors (Lipinski definition) is 3. The van der Waals surface area contributed by atoms with Gasteiger partial charge in [-0.15, -0.1) is 0 Å². The third-order valence-electron chi connectivity index (χ3n) is 4.50. The van der Waals surface area contributed by atoms with Gasteiger partial charge < -0.3 is 4.98 Å². The third kappa shape index (κ3) is 3.32. The highest BCUT2D eigenvalue weighted by Crippen LogP contribution is 2.27. The molecule has 0 fully saturated rings. The maximum Gasteiger partial charge on any atom is 0.330 e. The Bertz CT molecular complexity index is 1210. The van der Waals surface area contributed by atoms with Crippen LogP contribution in [0.1, 0.15) is 6.42 Å². The van der Waals surface area contributed by atoms with Crippen molar-refractivity contribution in [2.24, 2.45) is 0 Å². The Kier molecular flexibility index (Phi) is 4.63. The lowest BCUT2D eigenvalue weighted by atomic mass is 10.2. The molecule has 1 aliphatic heterocycles. The van der Waals surface area contributed by atoms with E-state index in [1.165, 1.54) is 22.5 Å². The molecule has 140 valence electrons. The number of nitrogens with zero attached hydrogens (tertiary/aromatic N) is 2. The topological polar surface area (TPSA) is 75.2 Å². The fourth-order valence-electron chi connectivity index (χ4n) is 3.23. The number of imidazole rings is 1. The molecule has 0 radical (unpaired) electrons. The Balaban J connectivity index is 1.67. The number of aromatic nitrogens is 2. The van der Waals surface area contributed by atoms with Gasteiger partial charge in [-0.05, 0) is 36.4 Å². The third-order valence-corrected chi connectivity index (χ3v) is 6.78. The molecule has 0 bridgehead atoms. The molecule has 9 heteroatoms. The maximum atomic E-state index is 12.9. The lowest BCUT2D eigenvalue weighted by Crippen LogP contribution is -2.36. The predicted octanol–water partition coefficient (Wildman–Crippen LogP) is 3.57. The fourth-order valence-corrected chi connectivity index (χ4v) is 5.34. The second kappa shape index (κ2) is 6.83. The van der Waals surface area contributed by atoms with E-state index in [9.17, 15) is 13.2 Å². The second-order valence-corrected chi connectivity index (χ2v) is 9.01. The molecule has 27 heavy (non-hydrogen) atoms. The van der Waals surface area contributed by atoms with Crippen LogP contribution in [0.15, 0.2) is 58.2 Å². The van der Waals surface area contributed by atoms with Crippen molar-refractivity contribution in [2.75, 3.05) is 13.1 Å². The first-order valence-electron chi connectivity index (χ1n) is 8.22. The molecule has 0 saturated carbocycles. The Hall–Kier alpha value is -2.06. The minimum atomic E-state index is -3.73. The lowest BCUT2D eigenvalue weighted by Gasteiger charge is -2.26. The van der Waals surface area contributed by atoms with Crippen LogP contribution in [0.25, 0.3) is 16.7 Å². The van der Waals surface area contributed by atoms with Gasteiger partial charge in [-0.3, -0.25) is 4.57 Å². The molecule has 1 aliphatic rings. The molecule has 0 saturated heterocycles. The molecule has 0 unspecified atom stereocenters. The number of para-hydroxylation sites is 2. The molecule has 3 aromatic rings. The summed E-state index contributed by atoms with van der Waals surface area (Å²) in [4.78, 5) is 15.2. The number of aromatic amines is 1. The van der Waals surface area contributed by atoms with Gasteiger partial charge in [-0.1, -0.05) is 35.3 Å². The molecule has 2 heterocycles. The first kappa shape index (κ1) is 18.3. The molecule has 1 N–H and O–H groups in total. The minimum absolute atomic E-state index is 0.0566. The Morgan fingerprint density at radius 3 is 2.41 bits per heavy atom. The largest absolute Gasteiger partial charge is 0.330 e. The number of benzene rings is 2. The molecule has 0 spiro atoms. The van der Waals surface area contributed by atoms with Crippen molar-refractivity contribution in [1.82, 2.24) is 13.9 Å². The fraction of sp³-hybridized carbons (Fsp3) is 0.167. The standard InChI is InChI=1S/C18H15Cl2N3O3S/c19-12-9-13(20)11-15(10-12)27(25,26)22-7-5-14(6-8-22)23-17-4-2-1-3-16(17)21-18(23)24/h1-5,9-11H,6-8H2,(H,21,24). The van der Waals surface area contributed by atoms with Gasteiger partial charge in [0.05, 0.1) is 15.9 Å². The van der Waals surface area contributed by atoms with E-state index >= 15 is 0 Å². The summed E-state index contributed by atoms with van der Waals surface area (Å²) in [6.45, 7) is 0.415. The van der Waals surface area contributed by atoms with E-state index in [4.69, 9.17) is 23.2 Å². The van der Waals surface area contributed by atoms with Crippen molar-refractivity contribution in [3.05, 3.63) is 69.1 Å². The van der Waals surface area contributed by atoms with Gasteiger partial charge >= 0.3 is 5.69 Å². The van der Waals surface area contributed by atoms with Crippen LogP contribution in [-0.2, 0) is 10.0 Å². The van der Waals surface area contributed by atoms with Crippen LogP contribution in [0.5, 0.6) is 0 Å². The summed E-state index contributed by atoms with van der Waals surface area (Å²) in [5.41, 5.74) is 2.05. The molecular formula is C18H15Cl2N3O3S. The first-order chi connectivity index (χ1) is 12.9.